The van der Waals surface area contributed by atoms with Gasteiger partial charge in [-0.05, 0) is 0 Å². The van der Waals surface area contributed by atoms with Crippen molar-refractivity contribution in [3.63, 3.8) is 0 Å². The average molecular weight is 201 g/mol. The van der Waals surface area contributed by atoms with Crippen molar-refractivity contribution >= 4 is 17.7 Å². The van der Waals surface area contributed by atoms with Gasteiger partial charge in [-0.3, -0.25) is 0 Å². The van der Waals surface area contributed by atoms with E-state index in [0.29, 0.717) is 11.8 Å². The molecule has 0 aromatic heterocycles. The Kier molecular flexibility index (Phi) is 2.52. The van der Waals surface area contributed by atoms with Gasteiger partial charge in [0.25, 0.3) is 0 Å². The molecule has 3 nitrogen and oxygen atoms in total. The Hall–Kier alpha value is -0.430. The van der Waals surface area contributed by atoms with Crippen molar-refractivity contribution in [3.05, 3.63) is 0 Å². The number of aliphatic carboxylic acids is 1. The van der Waals surface area contributed by atoms with Crippen molar-refractivity contribution in [3.8, 4) is 0 Å². The van der Waals surface area contributed by atoms with Crippen molar-refractivity contribution in [2.75, 3.05) is 5.75 Å². The Bertz CT molecular complexity index is 196. The van der Waals surface area contributed by atoms with Gasteiger partial charge in [0.2, 0.25) is 5.37 Å². The summed E-state index contributed by atoms with van der Waals surface area (Å²) in [5.41, 5.74) is 0. The number of carbonyl (C=O) groups is 1. The van der Waals surface area contributed by atoms with Gasteiger partial charge in [-0.25, -0.2) is 0 Å². The summed E-state index contributed by atoms with van der Waals surface area (Å²) in [6.45, 7) is 0. The van der Waals surface area contributed by atoms with Crippen LogP contribution in [-0.4, -0.2) is 29.3 Å². The number of halogens is 3. The number of alkyl halides is 3. The van der Waals surface area contributed by atoms with Crippen LogP contribution < -0.4 is 10.4 Å². The van der Waals surface area contributed by atoms with E-state index in [1.54, 1.807) is 0 Å². The molecule has 1 aliphatic rings. The maximum Gasteiger partial charge on any atom is 0.451 e. The lowest BCUT2D eigenvalue weighted by Gasteiger charge is -2.12. The number of quaternary nitrogens is 1. The normalized spacial score (nSPS) is 30.6. The minimum atomic E-state index is -4.34. The third-order valence-corrected chi connectivity index (χ3v) is 2.82. The van der Waals surface area contributed by atoms with E-state index in [1.807, 2.05) is 0 Å². The zero-order chi connectivity index (χ0) is 9.35. The molecule has 0 unspecified atom stereocenters. The van der Waals surface area contributed by atoms with Gasteiger partial charge in [-0.2, -0.15) is 13.2 Å². The molecule has 0 radical (unpaired) electrons. The second-order valence-electron chi connectivity index (χ2n) is 2.41. The fourth-order valence-corrected chi connectivity index (χ4v) is 2.03. The molecule has 0 aromatic carbocycles. The molecule has 12 heavy (non-hydrogen) atoms. The zero-order valence-electron chi connectivity index (χ0n) is 5.80. The standard InChI is InChI=1S/C5H6F3NO2S/c6-5(7,8)4-9-2(1-12-4)3(10)11/h2,4,9H,1H2,(H,10,11)/t2-,4-/m0/s1. The Labute approximate surface area is 70.3 Å². The summed E-state index contributed by atoms with van der Waals surface area (Å²) in [6, 6.07) is -1.07. The Morgan fingerprint density at radius 1 is 1.58 bits per heavy atom. The highest BCUT2D eigenvalue weighted by atomic mass is 32.2. The molecule has 0 saturated carbocycles. The molecular weight excluding hydrogens is 195 g/mol. The number of thioether (sulfide) groups is 1. The van der Waals surface area contributed by atoms with Crippen molar-refractivity contribution in [2.24, 2.45) is 0 Å². The van der Waals surface area contributed by atoms with Crippen LogP contribution in [0.15, 0.2) is 0 Å². The second-order valence-corrected chi connectivity index (χ2v) is 3.59. The Morgan fingerprint density at radius 3 is 2.42 bits per heavy atom. The lowest BCUT2D eigenvalue weighted by molar-refractivity contribution is -0.704. The molecule has 1 aliphatic heterocycles. The first-order valence-corrected chi connectivity index (χ1v) is 4.20. The van der Waals surface area contributed by atoms with Gasteiger partial charge in [-0.1, -0.05) is 11.8 Å². The molecule has 70 valence electrons. The molecule has 7 heteroatoms. The molecule has 1 rings (SSSR count). The summed E-state index contributed by atoms with van der Waals surface area (Å²) in [5.74, 6) is -1.48. The molecular formula is C5H6F3NO2S. The monoisotopic (exact) mass is 201 g/mol. The van der Waals surface area contributed by atoms with Gasteiger partial charge in [0.15, 0.2) is 0 Å². The van der Waals surface area contributed by atoms with E-state index in [9.17, 15) is 23.1 Å². The van der Waals surface area contributed by atoms with Crippen LogP contribution in [0.2, 0.25) is 0 Å². The third kappa shape index (κ3) is 2.04. The Balaban J connectivity index is 2.51. The van der Waals surface area contributed by atoms with Crippen LogP contribution in [-0.2, 0) is 4.79 Å². The lowest BCUT2D eigenvalue weighted by atomic mass is 10.3. The van der Waals surface area contributed by atoms with Crippen LogP contribution in [0.1, 0.15) is 0 Å². The number of carboxylic acid groups (broad SMARTS) is 1. The minimum absolute atomic E-state index is 0.0491. The molecule has 0 aliphatic carbocycles. The van der Waals surface area contributed by atoms with Gasteiger partial charge < -0.3 is 15.2 Å². The van der Waals surface area contributed by atoms with E-state index < -0.39 is 23.6 Å². The summed E-state index contributed by atoms with van der Waals surface area (Å²) < 4.78 is 35.8. The molecule has 2 atom stereocenters. The maximum atomic E-state index is 11.9. The van der Waals surface area contributed by atoms with Gasteiger partial charge >= 0.3 is 6.18 Å². The zero-order valence-corrected chi connectivity index (χ0v) is 6.61. The van der Waals surface area contributed by atoms with E-state index in [1.165, 1.54) is 0 Å². The fourth-order valence-electron chi connectivity index (χ4n) is 0.880. The largest absolute Gasteiger partial charge is 0.544 e. The van der Waals surface area contributed by atoms with E-state index in [0.717, 1.165) is 5.32 Å². The highest BCUT2D eigenvalue weighted by Crippen LogP contribution is 2.28. The summed E-state index contributed by atoms with van der Waals surface area (Å²) in [7, 11) is 0. The van der Waals surface area contributed by atoms with Crippen LogP contribution >= 0.6 is 11.8 Å². The third-order valence-electron chi connectivity index (χ3n) is 1.49. The van der Waals surface area contributed by atoms with Gasteiger partial charge in [0.05, 0.1) is 5.75 Å². The number of hydrogen-bond acceptors (Lipinski definition) is 3. The molecule has 0 amide bonds. The Morgan fingerprint density at radius 2 is 2.17 bits per heavy atom. The van der Waals surface area contributed by atoms with Crippen LogP contribution in [0.3, 0.4) is 0 Å². The second kappa shape index (κ2) is 3.14. The van der Waals surface area contributed by atoms with Crippen LogP contribution in [0.5, 0.6) is 0 Å². The van der Waals surface area contributed by atoms with E-state index >= 15 is 0 Å². The fraction of sp³-hybridized carbons (Fsp3) is 0.800. The molecule has 1 saturated heterocycles. The minimum Gasteiger partial charge on any atom is -0.544 e. The predicted octanol–water partition coefficient (Wildman–Crippen LogP) is -1.70. The number of rotatable bonds is 1. The highest BCUT2D eigenvalue weighted by molar-refractivity contribution is 8.00. The SMILES string of the molecule is O=C([O-])[C@@H]1CS[C@@H](C(F)(F)F)[NH2+]1. The van der Waals surface area contributed by atoms with Crippen LogP contribution in [0.4, 0.5) is 13.2 Å². The molecule has 0 aromatic rings. The maximum absolute atomic E-state index is 11.9. The molecule has 1 fully saturated rings. The number of hydrogen-bond donors (Lipinski definition) is 1. The summed E-state index contributed by atoms with van der Waals surface area (Å²) >= 11 is 0.584. The first kappa shape index (κ1) is 9.66. The predicted molar refractivity (Wildman–Crippen MR) is 33.0 cm³/mol. The van der Waals surface area contributed by atoms with Crippen molar-refractivity contribution in [2.45, 2.75) is 17.6 Å². The number of nitrogens with two attached hydrogens (primary N) is 1. The van der Waals surface area contributed by atoms with Crippen molar-refractivity contribution in [1.82, 2.24) is 0 Å². The average Bonchev–Trinajstić information content (AvgIpc) is 2.30. The first-order chi connectivity index (χ1) is 5.41. The van der Waals surface area contributed by atoms with E-state index in [2.05, 4.69) is 0 Å². The van der Waals surface area contributed by atoms with Crippen molar-refractivity contribution in [1.29, 1.82) is 0 Å². The van der Waals surface area contributed by atoms with Crippen LogP contribution in [0.25, 0.3) is 0 Å². The van der Waals surface area contributed by atoms with Gasteiger partial charge in [0.1, 0.15) is 12.0 Å². The van der Waals surface area contributed by atoms with Gasteiger partial charge in [-0.15, -0.1) is 0 Å². The topological polar surface area (TPSA) is 56.7 Å². The summed E-state index contributed by atoms with van der Waals surface area (Å²) in [4.78, 5) is 10.2. The summed E-state index contributed by atoms with van der Waals surface area (Å²) in [6.07, 6.45) is -4.34. The number of carboxylic acids is 1. The van der Waals surface area contributed by atoms with Crippen LogP contribution in [0, 0.1) is 0 Å². The smallest absolute Gasteiger partial charge is 0.451 e. The van der Waals surface area contributed by atoms with Gasteiger partial charge in [0, 0.05) is 0 Å². The highest BCUT2D eigenvalue weighted by Gasteiger charge is 2.49. The lowest BCUT2D eigenvalue weighted by Crippen LogP contribution is -2.96. The van der Waals surface area contributed by atoms with Crippen molar-refractivity contribution < 1.29 is 28.4 Å². The molecule has 0 spiro atoms. The summed E-state index contributed by atoms with van der Waals surface area (Å²) in [5, 5.41) is 9.28. The molecule has 0 bridgehead atoms. The molecule has 1 heterocycles. The van der Waals surface area contributed by atoms with E-state index in [-0.39, 0.29) is 5.75 Å². The van der Waals surface area contributed by atoms with E-state index in [4.69, 9.17) is 0 Å². The first-order valence-electron chi connectivity index (χ1n) is 3.15. The quantitative estimate of drug-likeness (QED) is 0.550. The number of carbonyl (C=O) groups excluding carboxylic acids is 1. The molecule has 2 N–H and O–H groups in total.